The van der Waals surface area contributed by atoms with E-state index in [1.807, 2.05) is 0 Å². The van der Waals surface area contributed by atoms with E-state index in [2.05, 4.69) is 0 Å². The minimum Gasteiger partial charge on any atom is -0.330 e. The van der Waals surface area contributed by atoms with Crippen LogP contribution >= 0.6 is 0 Å². The number of nitrogens with zero attached hydrogens (tertiary/aromatic N) is 1. The molecule has 1 heterocycles. The van der Waals surface area contributed by atoms with Crippen LogP contribution in [0.1, 0.15) is 12.8 Å². The lowest BCUT2D eigenvalue weighted by Gasteiger charge is -2.16. The fraction of sp³-hybridized carbons (Fsp3) is 0.500. The van der Waals surface area contributed by atoms with Crippen molar-refractivity contribution in [1.82, 2.24) is 4.31 Å². The molecule has 0 radical (unpaired) electrons. The van der Waals surface area contributed by atoms with E-state index in [1.165, 1.54) is 22.5 Å². The average Bonchev–Trinajstić information content (AvgIpc) is 2.79. The predicted octanol–water partition coefficient (Wildman–Crippen LogP) is 1.19. The highest BCUT2D eigenvalue weighted by Crippen LogP contribution is 2.25. The fourth-order valence-electron chi connectivity index (χ4n) is 2.26. The van der Waals surface area contributed by atoms with Crippen molar-refractivity contribution in [2.45, 2.75) is 17.7 Å². The van der Waals surface area contributed by atoms with Crippen LogP contribution in [0, 0.1) is 11.7 Å². The first kappa shape index (κ1) is 13.5. The van der Waals surface area contributed by atoms with Crippen LogP contribution in [-0.2, 0) is 10.0 Å². The Hall–Kier alpha value is -0.980. The van der Waals surface area contributed by atoms with Gasteiger partial charge in [0.05, 0.1) is 4.90 Å². The smallest absolute Gasteiger partial charge is 0.243 e. The SMILES string of the molecule is NCCC1CCN(S(=O)(=O)c2cccc(F)c2)C1. The van der Waals surface area contributed by atoms with Gasteiger partial charge in [-0.3, -0.25) is 0 Å². The molecule has 1 aliphatic heterocycles. The molecular weight excluding hydrogens is 255 g/mol. The molecule has 0 aliphatic carbocycles. The van der Waals surface area contributed by atoms with Crippen molar-refractivity contribution in [3.8, 4) is 0 Å². The Morgan fingerprint density at radius 2 is 2.22 bits per heavy atom. The minimum absolute atomic E-state index is 0.0240. The molecule has 1 aromatic carbocycles. The molecule has 6 heteroatoms. The van der Waals surface area contributed by atoms with Gasteiger partial charge in [-0.1, -0.05) is 6.07 Å². The Balaban J connectivity index is 2.18. The summed E-state index contributed by atoms with van der Waals surface area (Å²) in [6.07, 6.45) is 1.65. The molecule has 4 nitrogen and oxygen atoms in total. The quantitative estimate of drug-likeness (QED) is 0.895. The third-order valence-corrected chi connectivity index (χ3v) is 5.12. The number of hydrogen-bond acceptors (Lipinski definition) is 3. The minimum atomic E-state index is -3.56. The van der Waals surface area contributed by atoms with E-state index in [-0.39, 0.29) is 4.90 Å². The molecule has 1 fully saturated rings. The highest BCUT2D eigenvalue weighted by Gasteiger charge is 2.32. The zero-order valence-electron chi connectivity index (χ0n) is 10.0. The molecular formula is C12H17FN2O2S. The van der Waals surface area contributed by atoms with Crippen LogP contribution in [0.5, 0.6) is 0 Å². The second-order valence-electron chi connectivity index (χ2n) is 4.55. The summed E-state index contributed by atoms with van der Waals surface area (Å²) < 4.78 is 39.0. The normalized spacial score (nSPS) is 21.3. The molecule has 0 aromatic heterocycles. The van der Waals surface area contributed by atoms with E-state index in [0.29, 0.717) is 25.6 Å². The summed E-state index contributed by atoms with van der Waals surface area (Å²) in [5.41, 5.74) is 5.48. The molecule has 0 spiro atoms. The standard InChI is InChI=1S/C12H17FN2O2S/c13-11-2-1-3-12(8-11)18(16,17)15-7-5-10(9-15)4-6-14/h1-3,8,10H,4-7,9,14H2. The topological polar surface area (TPSA) is 63.4 Å². The zero-order chi connectivity index (χ0) is 13.2. The summed E-state index contributed by atoms with van der Waals surface area (Å²) in [6.45, 7) is 1.54. The Morgan fingerprint density at radius 3 is 2.89 bits per heavy atom. The summed E-state index contributed by atoms with van der Waals surface area (Å²) in [5.74, 6) is -0.216. The first-order valence-electron chi connectivity index (χ1n) is 6.00. The van der Waals surface area contributed by atoms with Gasteiger partial charge in [-0.05, 0) is 43.5 Å². The Bertz CT molecular complexity index is 519. The van der Waals surface area contributed by atoms with Gasteiger partial charge in [0.15, 0.2) is 0 Å². The molecule has 1 aliphatic rings. The number of benzene rings is 1. The number of nitrogens with two attached hydrogens (primary N) is 1. The molecule has 2 rings (SSSR count). The second-order valence-corrected chi connectivity index (χ2v) is 6.49. The van der Waals surface area contributed by atoms with Gasteiger partial charge in [-0.2, -0.15) is 4.31 Å². The fourth-order valence-corrected chi connectivity index (χ4v) is 3.83. The number of halogens is 1. The van der Waals surface area contributed by atoms with Crippen molar-refractivity contribution >= 4 is 10.0 Å². The van der Waals surface area contributed by atoms with Crippen LogP contribution in [0.25, 0.3) is 0 Å². The van der Waals surface area contributed by atoms with Gasteiger partial charge in [-0.15, -0.1) is 0 Å². The zero-order valence-corrected chi connectivity index (χ0v) is 10.9. The summed E-state index contributed by atoms with van der Waals surface area (Å²) in [4.78, 5) is 0.0240. The summed E-state index contributed by atoms with van der Waals surface area (Å²) in [7, 11) is -3.56. The van der Waals surface area contributed by atoms with Crippen LogP contribution in [0.15, 0.2) is 29.2 Å². The van der Waals surface area contributed by atoms with Crippen molar-refractivity contribution in [2.24, 2.45) is 11.7 Å². The van der Waals surface area contributed by atoms with Gasteiger partial charge >= 0.3 is 0 Å². The molecule has 1 saturated heterocycles. The molecule has 1 atom stereocenters. The van der Waals surface area contributed by atoms with E-state index >= 15 is 0 Å². The lowest BCUT2D eigenvalue weighted by atomic mass is 10.1. The van der Waals surface area contributed by atoms with E-state index < -0.39 is 15.8 Å². The first-order chi connectivity index (χ1) is 8.54. The van der Waals surface area contributed by atoms with Crippen molar-refractivity contribution in [3.05, 3.63) is 30.1 Å². The van der Waals surface area contributed by atoms with E-state index in [4.69, 9.17) is 5.73 Å². The van der Waals surface area contributed by atoms with Crippen LogP contribution in [0.3, 0.4) is 0 Å². The van der Waals surface area contributed by atoms with E-state index in [9.17, 15) is 12.8 Å². The lowest BCUT2D eigenvalue weighted by molar-refractivity contribution is 0.448. The number of sulfonamides is 1. The molecule has 2 N–H and O–H groups in total. The van der Waals surface area contributed by atoms with Crippen molar-refractivity contribution in [2.75, 3.05) is 19.6 Å². The van der Waals surface area contributed by atoms with Crippen molar-refractivity contribution in [1.29, 1.82) is 0 Å². The first-order valence-corrected chi connectivity index (χ1v) is 7.44. The number of rotatable bonds is 4. The van der Waals surface area contributed by atoms with Gasteiger partial charge in [-0.25, -0.2) is 12.8 Å². The molecule has 18 heavy (non-hydrogen) atoms. The Kier molecular flexibility index (Phi) is 3.99. The summed E-state index contributed by atoms with van der Waals surface area (Å²) in [6, 6.07) is 5.14. The highest BCUT2D eigenvalue weighted by molar-refractivity contribution is 7.89. The third kappa shape index (κ3) is 2.71. The van der Waals surface area contributed by atoms with Crippen LogP contribution in [0.2, 0.25) is 0 Å². The van der Waals surface area contributed by atoms with E-state index in [1.54, 1.807) is 0 Å². The third-order valence-electron chi connectivity index (χ3n) is 3.26. The van der Waals surface area contributed by atoms with Gasteiger partial charge in [0.25, 0.3) is 0 Å². The van der Waals surface area contributed by atoms with Gasteiger partial charge in [0.2, 0.25) is 10.0 Å². The molecule has 0 amide bonds. The second kappa shape index (κ2) is 5.34. The van der Waals surface area contributed by atoms with E-state index in [0.717, 1.165) is 18.9 Å². The number of hydrogen-bond donors (Lipinski definition) is 1. The largest absolute Gasteiger partial charge is 0.330 e. The van der Waals surface area contributed by atoms with Crippen molar-refractivity contribution in [3.63, 3.8) is 0 Å². The maximum atomic E-state index is 13.1. The summed E-state index contributed by atoms with van der Waals surface area (Å²) in [5, 5.41) is 0. The highest BCUT2D eigenvalue weighted by atomic mass is 32.2. The molecule has 1 unspecified atom stereocenters. The average molecular weight is 272 g/mol. The summed E-state index contributed by atoms with van der Waals surface area (Å²) >= 11 is 0. The predicted molar refractivity (Wildman–Crippen MR) is 66.9 cm³/mol. The van der Waals surface area contributed by atoms with Gasteiger partial charge in [0.1, 0.15) is 5.82 Å². The van der Waals surface area contributed by atoms with Crippen LogP contribution in [-0.4, -0.2) is 32.4 Å². The van der Waals surface area contributed by atoms with Crippen LogP contribution in [0.4, 0.5) is 4.39 Å². The molecule has 0 bridgehead atoms. The monoisotopic (exact) mass is 272 g/mol. The maximum Gasteiger partial charge on any atom is 0.243 e. The van der Waals surface area contributed by atoms with Gasteiger partial charge in [0, 0.05) is 13.1 Å². The molecule has 1 aromatic rings. The van der Waals surface area contributed by atoms with Crippen molar-refractivity contribution < 1.29 is 12.8 Å². The van der Waals surface area contributed by atoms with Gasteiger partial charge < -0.3 is 5.73 Å². The molecule has 100 valence electrons. The lowest BCUT2D eigenvalue weighted by Crippen LogP contribution is -2.29. The Labute approximate surface area is 107 Å². The molecule has 0 saturated carbocycles. The Morgan fingerprint density at radius 1 is 1.44 bits per heavy atom. The van der Waals surface area contributed by atoms with Crippen LogP contribution < -0.4 is 5.73 Å². The maximum absolute atomic E-state index is 13.1.